The van der Waals surface area contributed by atoms with Crippen molar-refractivity contribution in [3.05, 3.63) is 24.8 Å². The van der Waals surface area contributed by atoms with E-state index in [2.05, 4.69) is 17.9 Å². The molecule has 0 bridgehead atoms. The van der Waals surface area contributed by atoms with Gasteiger partial charge in [-0.3, -0.25) is 4.79 Å². The molecule has 0 radical (unpaired) electrons. The Labute approximate surface area is 67.6 Å². The molecule has 0 spiro atoms. The smallest absolute Gasteiger partial charge is 0.305 e. The second-order valence-electron chi connectivity index (χ2n) is 2.29. The quantitative estimate of drug-likeness (QED) is 0.447. The van der Waals surface area contributed by atoms with Crippen LogP contribution in [0.15, 0.2) is 24.8 Å². The number of rotatable bonds is 5. The van der Waals surface area contributed by atoms with Crippen molar-refractivity contribution in [2.75, 3.05) is 7.11 Å². The molecule has 62 valence electrons. The van der Waals surface area contributed by atoms with E-state index in [1.165, 1.54) is 7.11 Å². The average Bonchev–Trinajstić information content (AvgIpc) is 2.04. The molecule has 0 aromatic rings. The molecule has 0 unspecified atom stereocenters. The molecule has 0 N–H and O–H groups in total. The first kappa shape index (κ1) is 9.95. The van der Waals surface area contributed by atoms with E-state index in [0.29, 0.717) is 6.42 Å². The Bertz CT molecular complexity index is 159. The third-order valence-electron chi connectivity index (χ3n) is 1.40. The highest BCUT2D eigenvalue weighted by Gasteiger charge is 1.98. The summed E-state index contributed by atoms with van der Waals surface area (Å²) in [6.07, 6.45) is 3.77. The van der Waals surface area contributed by atoms with Crippen LogP contribution in [0.25, 0.3) is 0 Å². The van der Waals surface area contributed by atoms with Crippen molar-refractivity contribution in [2.24, 2.45) is 0 Å². The Morgan fingerprint density at radius 2 is 2.18 bits per heavy atom. The SMILES string of the molecule is C=CC(=C)CCCC(=O)OC. The van der Waals surface area contributed by atoms with Crippen LogP contribution in [0.5, 0.6) is 0 Å². The summed E-state index contributed by atoms with van der Waals surface area (Å²) >= 11 is 0. The number of hydrogen-bond acceptors (Lipinski definition) is 2. The van der Waals surface area contributed by atoms with E-state index in [9.17, 15) is 4.79 Å². The highest BCUT2D eigenvalue weighted by atomic mass is 16.5. The molecule has 0 rings (SSSR count). The number of carbonyl (C=O) groups excluding carboxylic acids is 1. The first-order valence-corrected chi connectivity index (χ1v) is 3.57. The minimum Gasteiger partial charge on any atom is -0.469 e. The molecule has 2 nitrogen and oxygen atoms in total. The van der Waals surface area contributed by atoms with Gasteiger partial charge in [-0.15, -0.1) is 0 Å². The van der Waals surface area contributed by atoms with Gasteiger partial charge < -0.3 is 4.74 Å². The van der Waals surface area contributed by atoms with Crippen molar-refractivity contribution in [1.82, 2.24) is 0 Å². The number of carbonyl (C=O) groups is 1. The van der Waals surface area contributed by atoms with Crippen molar-refractivity contribution >= 4 is 5.97 Å². The van der Waals surface area contributed by atoms with Gasteiger partial charge in [0.1, 0.15) is 0 Å². The van der Waals surface area contributed by atoms with Crippen LogP contribution in [-0.4, -0.2) is 13.1 Å². The third kappa shape index (κ3) is 5.40. The molecular weight excluding hydrogens is 140 g/mol. The summed E-state index contributed by atoms with van der Waals surface area (Å²) in [5.74, 6) is -0.165. The van der Waals surface area contributed by atoms with E-state index < -0.39 is 0 Å². The normalized spacial score (nSPS) is 8.82. The Morgan fingerprint density at radius 1 is 1.55 bits per heavy atom. The molecular formula is C9H14O2. The van der Waals surface area contributed by atoms with E-state index in [0.717, 1.165) is 18.4 Å². The average molecular weight is 154 g/mol. The zero-order chi connectivity index (χ0) is 8.69. The maximum Gasteiger partial charge on any atom is 0.305 e. The predicted octanol–water partition coefficient (Wildman–Crippen LogP) is 2.07. The minimum absolute atomic E-state index is 0.165. The molecule has 0 atom stereocenters. The molecule has 0 aromatic carbocycles. The third-order valence-corrected chi connectivity index (χ3v) is 1.40. The molecule has 0 fully saturated rings. The van der Waals surface area contributed by atoms with E-state index in [1.807, 2.05) is 0 Å². The summed E-state index contributed by atoms with van der Waals surface area (Å²) < 4.78 is 4.47. The molecule has 0 aliphatic heterocycles. The maximum absolute atomic E-state index is 10.6. The van der Waals surface area contributed by atoms with Gasteiger partial charge >= 0.3 is 5.97 Å². The fourth-order valence-corrected chi connectivity index (χ4v) is 0.664. The van der Waals surface area contributed by atoms with Gasteiger partial charge in [-0.25, -0.2) is 0 Å². The lowest BCUT2D eigenvalue weighted by atomic mass is 10.1. The summed E-state index contributed by atoms with van der Waals surface area (Å²) in [6.45, 7) is 7.29. The zero-order valence-electron chi connectivity index (χ0n) is 6.93. The van der Waals surface area contributed by atoms with Crippen LogP contribution in [-0.2, 0) is 9.53 Å². The Balaban J connectivity index is 3.34. The summed E-state index contributed by atoms with van der Waals surface area (Å²) in [4.78, 5) is 10.6. The van der Waals surface area contributed by atoms with Crippen LogP contribution in [0.1, 0.15) is 19.3 Å². The number of ether oxygens (including phenoxy) is 1. The van der Waals surface area contributed by atoms with Gasteiger partial charge in [0.2, 0.25) is 0 Å². The van der Waals surface area contributed by atoms with Crippen LogP contribution >= 0.6 is 0 Å². The van der Waals surface area contributed by atoms with Gasteiger partial charge in [0.25, 0.3) is 0 Å². The number of esters is 1. The zero-order valence-corrected chi connectivity index (χ0v) is 6.93. The predicted molar refractivity (Wildman–Crippen MR) is 45.2 cm³/mol. The van der Waals surface area contributed by atoms with Gasteiger partial charge in [0.05, 0.1) is 7.11 Å². The van der Waals surface area contributed by atoms with E-state index >= 15 is 0 Å². The Kier molecular flexibility index (Phi) is 5.17. The summed E-state index contributed by atoms with van der Waals surface area (Å²) in [5.41, 5.74) is 0.967. The lowest BCUT2D eigenvalue weighted by molar-refractivity contribution is -0.140. The minimum atomic E-state index is -0.165. The van der Waals surface area contributed by atoms with E-state index in [4.69, 9.17) is 0 Å². The molecule has 0 saturated carbocycles. The van der Waals surface area contributed by atoms with Crippen LogP contribution in [0, 0.1) is 0 Å². The van der Waals surface area contributed by atoms with Gasteiger partial charge in [-0.05, 0) is 12.8 Å². The largest absolute Gasteiger partial charge is 0.469 e. The first-order valence-electron chi connectivity index (χ1n) is 3.57. The summed E-state index contributed by atoms with van der Waals surface area (Å²) in [7, 11) is 1.39. The molecule has 0 aliphatic carbocycles. The Hall–Kier alpha value is -1.05. The van der Waals surface area contributed by atoms with Crippen LogP contribution in [0.4, 0.5) is 0 Å². The van der Waals surface area contributed by atoms with Gasteiger partial charge in [0.15, 0.2) is 0 Å². The lowest BCUT2D eigenvalue weighted by Crippen LogP contribution is -1.99. The van der Waals surface area contributed by atoms with Crippen molar-refractivity contribution < 1.29 is 9.53 Å². The maximum atomic E-state index is 10.6. The van der Waals surface area contributed by atoms with Crippen LogP contribution in [0.2, 0.25) is 0 Å². The molecule has 0 aromatic heterocycles. The second-order valence-corrected chi connectivity index (χ2v) is 2.29. The van der Waals surface area contributed by atoms with Crippen molar-refractivity contribution in [2.45, 2.75) is 19.3 Å². The van der Waals surface area contributed by atoms with E-state index in [1.54, 1.807) is 6.08 Å². The van der Waals surface area contributed by atoms with Crippen LogP contribution < -0.4 is 0 Å². The fraction of sp³-hybridized carbons (Fsp3) is 0.444. The first-order chi connectivity index (χ1) is 5.20. The molecule has 11 heavy (non-hydrogen) atoms. The molecule has 2 heteroatoms. The second kappa shape index (κ2) is 5.71. The fourth-order valence-electron chi connectivity index (χ4n) is 0.664. The topological polar surface area (TPSA) is 26.3 Å². The summed E-state index contributed by atoms with van der Waals surface area (Å²) in [5, 5.41) is 0. The van der Waals surface area contributed by atoms with E-state index in [-0.39, 0.29) is 5.97 Å². The molecule has 0 saturated heterocycles. The van der Waals surface area contributed by atoms with Crippen molar-refractivity contribution in [3.8, 4) is 0 Å². The van der Waals surface area contributed by atoms with Crippen LogP contribution in [0.3, 0.4) is 0 Å². The van der Waals surface area contributed by atoms with Crippen molar-refractivity contribution in [1.29, 1.82) is 0 Å². The number of methoxy groups -OCH3 is 1. The molecule has 0 amide bonds. The highest BCUT2D eigenvalue weighted by molar-refractivity contribution is 5.69. The highest BCUT2D eigenvalue weighted by Crippen LogP contribution is 2.05. The summed E-state index contributed by atoms with van der Waals surface area (Å²) in [6, 6.07) is 0. The standard InChI is InChI=1S/C9H14O2/c1-4-8(2)6-5-7-9(10)11-3/h4H,1-2,5-7H2,3H3. The molecule has 0 aliphatic rings. The Morgan fingerprint density at radius 3 is 2.64 bits per heavy atom. The van der Waals surface area contributed by atoms with Gasteiger partial charge in [-0.2, -0.15) is 0 Å². The molecule has 0 heterocycles. The van der Waals surface area contributed by atoms with Gasteiger partial charge in [-0.1, -0.05) is 24.8 Å². The monoisotopic (exact) mass is 154 g/mol. The lowest BCUT2D eigenvalue weighted by Gasteiger charge is -1.98. The number of hydrogen-bond donors (Lipinski definition) is 0. The van der Waals surface area contributed by atoms with Crippen molar-refractivity contribution in [3.63, 3.8) is 0 Å². The number of allylic oxidation sites excluding steroid dienone is 2. The van der Waals surface area contributed by atoms with Gasteiger partial charge in [0, 0.05) is 6.42 Å².